The van der Waals surface area contributed by atoms with Crippen LogP contribution in [0, 0.1) is 0 Å². The fourth-order valence-corrected chi connectivity index (χ4v) is 1.53. The van der Waals surface area contributed by atoms with E-state index in [0.717, 1.165) is 13.0 Å². The van der Waals surface area contributed by atoms with Crippen LogP contribution in [-0.4, -0.2) is 10.9 Å². The number of hydrogen-bond acceptors (Lipinski definition) is 3. The Labute approximate surface area is 65.4 Å². The van der Waals surface area contributed by atoms with Gasteiger partial charge in [-0.3, -0.25) is 0 Å². The highest BCUT2D eigenvalue weighted by Gasteiger charge is 1.96. The molecule has 0 aromatic carbocycles. The number of rotatable bonds is 3. The number of nitrogens with one attached hydrogen (secondary N) is 1. The second kappa shape index (κ2) is 3.56. The van der Waals surface area contributed by atoms with Crippen LogP contribution < -0.4 is 5.32 Å². The number of aromatic nitrogens is 1. The number of aryl methyl sites for hydroxylation is 1. The lowest BCUT2D eigenvalue weighted by Crippen LogP contribution is -1.92. The van der Waals surface area contributed by atoms with Crippen molar-refractivity contribution in [3.63, 3.8) is 0 Å². The summed E-state index contributed by atoms with van der Waals surface area (Å²) in [6.07, 6.45) is 1.03. The number of anilines is 1. The SMILES string of the molecule is CCNc1cc(CC)ns1. The van der Waals surface area contributed by atoms with Crippen molar-refractivity contribution < 1.29 is 0 Å². The Morgan fingerprint density at radius 2 is 2.40 bits per heavy atom. The van der Waals surface area contributed by atoms with E-state index in [9.17, 15) is 0 Å². The third-order valence-corrected chi connectivity index (χ3v) is 2.06. The van der Waals surface area contributed by atoms with Crippen LogP contribution in [0.15, 0.2) is 6.07 Å². The van der Waals surface area contributed by atoms with E-state index in [1.165, 1.54) is 22.2 Å². The molecule has 0 aliphatic carbocycles. The third-order valence-electron chi connectivity index (χ3n) is 1.27. The van der Waals surface area contributed by atoms with Gasteiger partial charge in [0.2, 0.25) is 0 Å². The van der Waals surface area contributed by atoms with E-state index < -0.39 is 0 Å². The molecule has 0 atom stereocenters. The number of hydrogen-bond donors (Lipinski definition) is 1. The largest absolute Gasteiger partial charge is 0.376 e. The van der Waals surface area contributed by atoms with Crippen LogP contribution in [0.4, 0.5) is 5.00 Å². The van der Waals surface area contributed by atoms with Crippen molar-refractivity contribution in [2.75, 3.05) is 11.9 Å². The summed E-state index contributed by atoms with van der Waals surface area (Å²) in [4.78, 5) is 0. The molecule has 0 spiro atoms. The van der Waals surface area contributed by atoms with Crippen LogP contribution in [-0.2, 0) is 6.42 Å². The second-order valence-corrected chi connectivity index (χ2v) is 2.87. The maximum atomic E-state index is 4.23. The van der Waals surface area contributed by atoms with Gasteiger partial charge in [0.25, 0.3) is 0 Å². The quantitative estimate of drug-likeness (QED) is 0.725. The second-order valence-electron chi connectivity index (χ2n) is 2.07. The molecule has 1 heterocycles. The molecule has 1 N–H and O–H groups in total. The molecule has 0 saturated carbocycles. The minimum absolute atomic E-state index is 0.978. The minimum atomic E-state index is 0.978. The zero-order chi connectivity index (χ0) is 7.40. The molecule has 0 aliphatic rings. The molecule has 0 amide bonds. The molecule has 1 aromatic rings. The average molecular weight is 156 g/mol. The zero-order valence-corrected chi connectivity index (χ0v) is 7.16. The first-order valence-corrected chi connectivity index (χ1v) is 4.33. The predicted octanol–water partition coefficient (Wildman–Crippen LogP) is 2.14. The third kappa shape index (κ3) is 1.70. The van der Waals surface area contributed by atoms with E-state index in [0.29, 0.717) is 0 Å². The summed E-state index contributed by atoms with van der Waals surface area (Å²) in [7, 11) is 0. The van der Waals surface area contributed by atoms with Gasteiger partial charge < -0.3 is 5.32 Å². The Morgan fingerprint density at radius 3 is 2.90 bits per heavy atom. The summed E-state index contributed by atoms with van der Waals surface area (Å²) in [5.74, 6) is 0. The molecule has 0 fully saturated rings. The lowest BCUT2D eigenvalue weighted by atomic mass is 10.3. The Balaban J connectivity index is 2.59. The zero-order valence-electron chi connectivity index (χ0n) is 6.35. The topological polar surface area (TPSA) is 24.9 Å². The molecule has 3 heteroatoms. The molecule has 2 nitrogen and oxygen atoms in total. The molecule has 1 aromatic heterocycles. The lowest BCUT2D eigenvalue weighted by Gasteiger charge is -1.92. The molecule has 10 heavy (non-hydrogen) atoms. The lowest BCUT2D eigenvalue weighted by molar-refractivity contribution is 1.09. The summed E-state index contributed by atoms with van der Waals surface area (Å²) in [6.45, 7) is 5.18. The van der Waals surface area contributed by atoms with Crippen molar-refractivity contribution >= 4 is 16.5 Å². The molecular weight excluding hydrogens is 144 g/mol. The summed E-state index contributed by atoms with van der Waals surface area (Å²) >= 11 is 1.54. The Bertz CT molecular complexity index is 195. The highest BCUT2D eigenvalue weighted by atomic mass is 32.1. The van der Waals surface area contributed by atoms with Gasteiger partial charge in [-0.15, -0.1) is 0 Å². The molecule has 0 aliphatic heterocycles. The van der Waals surface area contributed by atoms with Gasteiger partial charge in [0, 0.05) is 6.54 Å². The maximum Gasteiger partial charge on any atom is 0.109 e. The fraction of sp³-hybridized carbons (Fsp3) is 0.571. The predicted molar refractivity (Wildman–Crippen MR) is 45.7 cm³/mol. The first-order chi connectivity index (χ1) is 4.86. The highest BCUT2D eigenvalue weighted by Crippen LogP contribution is 2.15. The molecular formula is C7H12N2S. The molecule has 1 rings (SSSR count). The van der Waals surface area contributed by atoms with Crippen molar-refractivity contribution in [3.05, 3.63) is 11.8 Å². The molecule has 56 valence electrons. The Hall–Kier alpha value is -0.570. The van der Waals surface area contributed by atoms with E-state index in [-0.39, 0.29) is 0 Å². The van der Waals surface area contributed by atoms with E-state index >= 15 is 0 Å². The van der Waals surface area contributed by atoms with Crippen molar-refractivity contribution in [2.24, 2.45) is 0 Å². The fourth-order valence-electron chi connectivity index (χ4n) is 0.736. The summed E-state index contributed by atoms with van der Waals surface area (Å²) in [5.41, 5.74) is 1.18. The van der Waals surface area contributed by atoms with Crippen LogP contribution in [0.2, 0.25) is 0 Å². The molecule has 0 unspecified atom stereocenters. The van der Waals surface area contributed by atoms with Gasteiger partial charge in [-0.2, -0.15) is 4.37 Å². The monoisotopic (exact) mass is 156 g/mol. The van der Waals surface area contributed by atoms with Gasteiger partial charge in [0.1, 0.15) is 5.00 Å². The maximum absolute atomic E-state index is 4.23. The van der Waals surface area contributed by atoms with Gasteiger partial charge in [-0.1, -0.05) is 6.92 Å². The van der Waals surface area contributed by atoms with Crippen LogP contribution in [0.3, 0.4) is 0 Å². The van der Waals surface area contributed by atoms with Gasteiger partial charge >= 0.3 is 0 Å². The Kier molecular flexibility index (Phi) is 2.68. The van der Waals surface area contributed by atoms with Crippen LogP contribution in [0.25, 0.3) is 0 Å². The summed E-state index contributed by atoms with van der Waals surface area (Å²) in [5, 5.41) is 4.40. The van der Waals surface area contributed by atoms with Gasteiger partial charge in [0.05, 0.1) is 5.69 Å². The van der Waals surface area contributed by atoms with Crippen molar-refractivity contribution in [1.82, 2.24) is 4.37 Å². The van der Waals surface area contributed by atoms with Crippen LogP contribution >= 0.6 is 11.5 Å². The van der Waals surface area contributed by atoms with Gasteiger partial charge in [-0.25, -0.2) is 0 Å². The van der Waals surface area contributed by atoms with E-state index in [4.69, 9.17) is 0 Å². The van der Waals surface area contributed by atoms with Gasteiger partial charge in [-0.05, 0) is 30.9 Å². The molecule has 0 bridgehead atoms. The van der Waals surface area contributed by atoms with E-state index in [1.807, 2.05) is 0 Å². The van der Waals surface area contributed by atoms with Gasteiger partial charge in [0.15, 0.2) is 0 Å². The Morgan fingerprint density at radius 1 is 1.60 bits per heavy atom. The highest BCUT2D eigenvalue weighted by molar-refractivity contribution is 7.10. The van der Waals surface area contributed by atoms with Crippen molar-refractivity contribution in [3.8, 4) is 0 Å². The van der Waals surface area contributed by atoms with Crippen LogP contribution in [0.5, 0.6) is 0 Å². The first kappa shape index (κ1) is 7.54. The standard InChI is InChI=1S/C7H12N2S/c1-3-6-5-7(8-4-2)10-9-6/h5,8H,3-4H2,1-2H3. The molecule has 0 saturated heterocycles. The molecule has 0 radical (unpaired) electrons. The summed E-state index contributed by atoms with van der Waals surface area (Å²) < 4.78 is 4.23. The smallest absolute Gasteiger partial charge is 0.109 e. The first-order valence-electron chi connectivity index (χ1n) is 3.56. The minimum Gasteiger partial charge on any atom is -0.376 e. The summed E-state index contributed by atoms with van der Waals surface area (Å²) in [6, 6.07) is 2.11. The number of nitrogens with zero attached hydrogens (tertiary/aromatic N) is 1. The normalized spacial score (nSPS) is 9.80. The van der Waals surface area contributed by atoms with Crippen LogP contribution in [0.1, 0.15) is 19.5 Å². The van der Waals surface area contributed by atoms with E-state index in [2.05, 4.69) is 29.6 Å². The van der Waals surface area contributed by atoms with Crippen molar-refractivity contribution in [1.29, 1.82) is 0 Å². The van der Waals surface area contributed by atoms with E-state index in [1.54, 1.807) is 0 Å². The average Bonchev–Trinajstić information content (AvgIpc) is 2.37. The van der Waals surface area contributed by atoms with Crippen molar-refractivity contribution in [2.45, 2.75) is 20.3 Å².